The summed E-state index contributed by atoms with van der Waals surface area (Å²) >= 11 is 0. The van der Waals surface area contributed by atoms with Crippen LogP contribution in [0.25, 0.3) is 0 Å². The molecule has 0 aliphatic heterocycles. The van der Waals surface area contributed by atoms with Gasteiger partial charge in [0.15, 0.2) is 0 Å². The van der Waals surface area contributed by atoms with Crippen LogP contribution in [0.5, 0.6) is 0 Å². The van der Waals surface area contributed by atoms with Crippen molar-refractivity contribution in [3.63, 3.8) is 0 Å². The fourth-order valence-corrected chi connectivity index (χ4v) is 3.12. The molecule has 0 spiro atoms. The van der Waals surface area contributed by atoms with Crippen molar-refractivity contribution < 1.29 is 12.8 Å². The van der Waals surface area contributed by atoms with Crippen LogP contribution in [0, 0.1) is 0 Å². The minimum absolute atomic E-state index is 0.0873. The fourth-order valence-electron chi connectivity index (χ4n) is 1.77. The minimum atomic E-state index is -3.67. The van der Waals surface area contributed by atoms with Gasteiger partial charge < -0.3 is 10.2 Å². The van der Waals surface area contributed by atoms with E-state index >= 15 is 0 Å². The lowest BCUT2D eigenvalue weighted by Crippen LogP contribution is -2.30. The van der Waals surface area contributed by atoms with Gasteiger partial charge in [-0.2, -0.15) is 4.31 Å². The zero-order chi connectivity index (χ0) is 14.6. The van der Waals surface area contributed by atoms with Crippen LogP contribution < -0.4 is 5.73 Å². The number of aromatic nitrogens is 1. The molecule has 108 valence electrons. The molecule has 0 saturated heterocycles. The highest BCUT2D eigenvalue weighted by Crippen LogP contribution is 2.20. The Hall–Kier alpha value is -1.70. The number of hydrogen-bond donors (Lipinski definition) is 1. The van der Waals surface area contributed by atoms with Crippen LogP contribution in [0.3, 0.4) is 0 Å². The molecule has 7 heteroatoms. The summed E-state index contributed by atoms with van der Waals surface area (Å²) in [6.45, 7) is 2.48. The van der Waals surface area contributed by atoms with Crippen molar-refractivity contribution in [2.45, 2.75) is 25.1 Å². The first kappa shape index (κ1) is 14.7. The number of pyridine rings is 1. The zero-order valence-corrected chi connectivity index (χ0v) is 12.0. The summed E-state index contributed by atoms with van der Waals surface area (Å²) in [7, 11) is -3.67. The molecule has 0 amide bonds. The van der Waals surface area contributed by atoms with Crippen molar-refractivity contribution in [3.8, 4) is 0 Å². The molecule has 2 heterocycles. The Morgan fingerprint density at radius 3 is 2.65 bits per heavy atom. The zero-order valence-electron chi connectivity index (χ0n) is 11.2. The van der Waals surface area contributed by atoms with E-state index in [4.69, 9.17) is 10.2 Å². The number of nitrogens with zero attached hydrogens (tertiary/aromatic N) is 2. The summed E-state index contributed by atoms with van der Waals surface area (Å²) in [4.78, 5) is 4.14. The molecule has 0 unspecified atom stereocenters. The van der Waals surface area contributed by atoms with E-state index in [9.17, 15) is 8.42 Å². The van der Waals surface area contributed by atoms with Gasteiger partial charge in [-0.05, 0) is 24.3 Å². The molecular formula is C13H17N3O3S. The Labute approximate surface area is 118 Å². The standard InChI is InChI=1S/C13H17N3O3S/c1-2-16(10-11-5-3-4-8-15-11)20(17,18)13-7-6-12(9-14)19-13/h3-8H,2,9-10,14H2,1H3. The van der Waals surface area contributed by atoms with Crippen molar-refractivity contribution in [1.29, 1.82) is 0 Å². The number of sulfonamides is 1. The molecule has 2 rings (SSSR count). The molecule has 2 aromatic rings. The van der Waals surface area contributed by atoms with Gasteiger partial charge in [-0.25, -0.2) is 8.42 Å². The molecular weight excluding hydrogens is 278 g/mol. The van der Waals surface area contributed by atoms with Gasteiger partial charge in [-0.1, -0.05) is 13.0 Å². The SMILES string of the molecule is CCN(Cc1ccccn1)S(=O)(=O)c1ccc(CN)o1. The minimum Gasteiger partial charge on any atom is -0.447 e. The van der Waals surface area contributed by atoms with Crippen molar-refractivity contribution >= 4 is 10.0 Å². The van der Waals surface area contributed by atoms with Crippen LogP contribution in [-0.4, -0.2) is 24.3 Å². The van der Waals surface area contributed by atoms with Gasteiger partial charge in [-0.15, -0.1) is 0 Å². The normalized spacial score (nSPS) is 11.9. The molecule has 6 nitrogen and oxygen atoms in total. The molecule has 0 atom stereocenters. The van der Waals surface area contributed by atoms with Gasteiger partial charge in [0.1, 0.15) is 5.76 Å². The maximum atomic E-state index is 12.5. The third kappa shape index (κ3) is 3.06. The van der Waals surface area contributed by atoms with E-state index in [-0.39, 0.29) is 18.2 Å². The van der Waals surface area contributed by atoms with Crippen LogP contribution >= 0.6 is 0 Å². The molecule has 20 heavy (non-hydrogen) atoms. The first-order valence-electron chi connectivity index (χ1n) is 6.26. The Balaban J connectivity index is 2.25. The first-order chi connectivity index (χ1) is 9.57. The highest BCUT2D eigenvalue weighted by atomic mass is 32.2. The van der Waals surface area contributed by atoms with Crippen molar-refractivity contribution in [1.82, 2.24) is 9.29 Å². The number of hydrogen-bond acceptors (Lipinski definition) is 5. The van der Waals surface area contributed by atoms with E-state index in [1.54, 1.807) is 31.3 Å². The number of nitrogens with two attached hydrogens (primary N) is 1. The third-order valence-corrected chi connectivity index (χ3v) is 4.64. The van der Waals surface area contributed by atoms with Crippen LogP contribution in [0.15, 0.2) is 46.0 Å². The lowest BCUT2D eigenvalue weighted by molar-refractivity contribution is 0.370. The van der Waals surface area contributed by atoms with Gasteiger partial charge in [0.25, 0.3) is 10.0 Å². The lowest BCUT2D eigenvalue weighted by atomic mass is 10.3. The molecule has 0 aliphatic rings. The topological polar surface area (TPSA) is 89.4 Å². The van der Waals surface area contributed by atoms with E-state index in [2.05, 4.69) is 4.98 Å². The maximum absolute atomic E-state index is 12.5. The average molecular weight is 295 g/mol. The van der Waals surface area contributed by atoms with Crippen LogP contribution in [0.4, 0.5) is 0 Å². The summed E-state index contributed by atoms with van der Waals surface area (Å²) in [6, 6.07) is 8.39. The number of furan rings is 1. The van der Waals surface area contributed by atoms with E-state index < -0.39 is 10.0 Å². The molecule has 0 radical (unpaired) electrons. The third-order valence-electron chi connectivity index (χ3n) is 2.85. The average Bonchev–Trinajstić information content (AvgIpc) is 2.95. The van der Waals surface area contributed by atoms with Gasteiger partial charge in [-0.3, -0.25) is 4.98 Å². The first-order valence-corrected chi connectivity index (χ1v) is 7.70. The van der Waals surface area contributed by atoms with Crippen LogP contribution in [-0.2, 0) is 23.1 Å². The molecule has 0 aliphatic carbocycles. The second kappa shape index (κ2) is 6.17. The largest absolute Gasteiger partial charge is 0.447 e. The second-order valence-corrected chi connectivity index (χ2v) is 6.05. The Kier molecular flexibility index (Phi) is 4.53. The molecule has 2 aromatic heterocycles. The monoisotopic (exact) mass is 295 g/mol. The fraction of sp³-hybridized carbons (Fsp3) is 0.308. The quantitative estimate of drug-likeness (QED) is 0.868. The maximum Gasteiger partial charge on any atom is 0.276 e. The van der Waals surface area contributed by atoms with Gasteiger partial charge in [0.2, 0.25) is 5.09 Å². The van der Waals surface area contributed by atoms with Crippen molar-refractivity contribution in [2.24, 2.45) is 5.73 Å². The Morgan fingerprint density at radius 2 is 2.10 bits per heavy atom. The van der Waals surface area contributed by atoms with Gasteiger partial charge >= 0.3 is 0 Å². The van der Waals surface area contributed by atoms with Gasteiger partial charge in [0.05, 0.1) is 18.8 Å². The molecule has 0 bridgehead atoms. The summed E-state index contributed by atoms with van der Waals surface area (Å²) in [5.41, 5.74) is 6.11. The van der Waals surface area contributed by atoms with Crippen LogP contribution in [0.1, 0.15) is 18.4 Å². The van der Waals surface area contributed by atoms with E-state index in [1.807, 2.05) is 6.07 Å². The summed E-state index contributed by atoms with van der Waals surface area (Å²) in [6.07, 6.45) is 1.63. The smallest absolute Gasteiger partial charge is 0.276 e. The molecule has 2 N–H and O–H groups in total. The van der Waals surface area contributed by atoms with E-state index in [1.165, 1.54) is 10.4 Å². The van der Waals surface area contributed by atoms with Gasteiger partial charge in [0, 0.05) is 12.7 Å². The Bertz CT molecular complexity index is 653. The summed E-state index contributed by atoms with van der Waals surface area (Å²) in [5.74, 6) is 0.442. The molecule has 0 fully saturated rings. The predicted octanol–water partition coefficient (Wildman–Crippen LogP) is 1.34. The second-order valence-electron chi connectivity index (χ2n) is 4.18. The van der Waals surface area contributed by atoms with Crippen LogP contribution in [0.2, 0.25) is 0 Å². The Morgan fingerprint density at radius 1 is 1.30 bits per heavy atom. The number of rotatable bonds is 6. The lowest BCUT2D eigenvalue weighted by Gasteiger charge is -2.18. The summed E-state index contributed by atoms with van der Waals surface area (Å²) < 4.78 is 31.5. The summed E-state index contributed by atoms with van der Waals surface area (Å²) in [5, 5.41) is -0.0873. The highest BCUT2D eigenvalue weighted by molar-refractivity contribution is 7.89. The molecule has 0 saturated carbocycles. The van der Waals surface area contributed by atoms with E-state index in [0.29, 0.717) is 18.0 Å². The van der Waals surface area contributed by atoms with Crippen molar-refractivity contribution in [2.75, 3.05) is 6.54 Å². The van der Waals surface area contributed by atoms with Crippen molar-refractivity contribution in [3.05, 3.63) is 48.0 Å². The highest BCUT2D eigenvalue weighted by Gasteiger charge is 2.26. The predicted molar refractivity (Wildman–Crippen MR) is 74.1 cm³/mol. The van der Waals surface area contributed by atoms with E-state index in [0.717, 1.165) is 0 Å². The molecule has 0 aromatic carbocycles.